The molecule has 0 saturated carbocycles. The predicted molar refractivity (Wildman–Crippen MR) is 138 cm³/mol. The number of alkyl carbamates (subject to hydrolysis) is 1. The van der Waals surface area contributed by atoms with Crippen LogP contribution in [0.4, 0.5) is 23.7 Å². The summed E-state index contributed by atoms with van der Waals surface area (Å²) < 4.78 is 49.7. The summed E-state index contributed by atoms with van der Waals surface area (Å²) >= 11 is 0. The molecule has 0 aromatic heterocycles. The van der Waals surface area contributed by atoms with Crippen LogP contribution in [-0.4, -0.2) is 30.8 Å². The zero-order valence-corrected chi connectivity index (χ0v) is 21.5. The van der Waals surface area contributed by atoms with Gasteiger partial charge in [0.1, 0.15) is 11.4 Å². The van der Waals surface area contributed by atoms with Gasteiger partial charge >= 0.3 is 12.3 Å². The van der Waals surface area contributed by atoms with Crippen molar-refractivity contribution in [3.05, 3.63) is 82.9 Å². The van der Waals surface area contributed by atoms with E-state index in [1.807, 2.05) is 12.1 Å². The van der Waals surface area contributed by atoms with Crippen LogP contribution in [-0.2, 0) is 23.8 Å². The molecular formula is C29H29F3N2O4. The maximum atomic E-state index is 13.3. The van der Waals surface area contributed by atoms with Gasteiger partial charge in [0.05, 0.1) is 12.7 Å². The molecule has 3 aromatic carbocycles. The van der Waals surface area contributed by atoms with Crippen molar-refractivity contribution < 1.29 is 32.2 Å². The Kier molecular flexibility index (Phi) is 7.40. The van der Waals surface area contributed by atoms with E-state index in [1.54, 1.807) is 45.0 Å². The van der Waals surface area contributed by atoms with Crippen LogP contribution in [0.15, 0.2) is 60.7 Å². The highest BCUT2D eigenvalue weighted by Crippen LogP contribution is 2.34. The zero-order valence-electron chi connectivity index (χ0n) is 21.5. The number of ether oxygens (including phenoxy) is 2. The molecule has 9 heteroatoms. The fraction of sp³-hybridized carbons (Fsp3) is 0.310. The van der Waals surface area contributed by atoms with Crippen LogP contribution < -0.4 is 15.4 Å². The Hall–Kier alpha value is -4.01. The van der Waals surface area contributed by atoms with Crippen molar-refractivity contribution in [2.75, 3.05) is 12.4 Å². The molecule has 3 aromatic rings. The van der Waals surface area contributed by atoms with Gasteiger partial charge in [-0.2, -0.15) is 13.2 Å². The molecule has 0 heterocycles. The van der Waals surface area contributed by atoms with Crippen molar-refractivity contribution in [2.45, 2.75) is 51.4 Å². The molecule has 0 aliphatic heterocycles. The van der Waals surface area contributed by atoms with E-state index in [9.17, 15) is 22.8 Å². The highest BCUT2D eigenvalue weighted by Gasteiger charge is 2.30. The van der Waals surface area contributed by atoms with E-state index < -0.39 is 29.3 Å². The van der Waals surface area contributed by atoms with Gasteiger partial charge in [0.25, 0.3) is 5.91 Å². The molecule has 1 aliphatic carbocycles. The molecule has 0 bridgehead atoms. The molecule has 0 saturated heterocycles. The molecule has 0 radical (unpaired) electrons. The average molecular weight is 527 g/mol. The number of rotatable bonds is 5. The third-order valence-electron chi connectivity index (χ3n) is 6.11. The molecular weight excluding hydrogens is 497 g/mol. The number of alkyl halides is 3. The van der Waals surface area contributed by atoms with E-state index in [4.69, 9.17) is 9.47 Å². The number of hydrogen-bond acceptors (Lipinski definition) is 4. The first-order valence-corrected chi connectivity index (χ1v) is 12.1. The minimum Gasteiger partial charge on any atom is -0.497 e. The lowest BCUT2D eigenvalue weighted by molar-refractivity contribution is -0.137. The van der Waals surface area contributed by atoms with Crippen LogP contribution in [0.3, 0.4) is 0 Å². The van der Waals surface area contributed by atoms with Crippen molar-refractivity contribution in [3.63, 3.8) is 0 Å². The Morgan fingerprint density at radius 1 is 0.895 bits per heavy atom. The number of anilines is 1. The molecule has 0 spiro atoms. The number of fused-ring (bicyclic) bond motifs is 1. The monoisotopic (exact) mass is 526 g/mol. The molecule has 6 nitrogen and oxygen atoms in total. The van der Waals surface area contributed by atoms with Gasteiger partial charge < -0.3 is 20.1 Å². The fourth-order valence-corrected chi connectivity index (χ4v) is 4.40. The van der Waals surface area contributed by atoms with Crippen LogP contribution in [0.1, 0.15) is 47.8 Å². The van der Waals surface area contributed by atoms with E-state index in [-0.39, 0.29) is 11.6 Å². The Morgan fingerprint density at radius 2 is 1.58 bits per heavy atom. The number of hydrogen-bond donors (Lipinski definition) is 2. The third-order valence-corrected chi connectivity index (χ3v) is 6.11. The van der Waals surface area contributed by atoms with Crippen LogP contribution in [0, 0.1) is 0 Å². The number of nitrogens with one attached hydrogen (secondary N) is 2. The summed E-state index contributed by atoms with van der Waals surface area (Å²) in [6.45, 7) is 5.41. The molecule has 38 heavy (non-hydrogen) atoms. The smallest absolute Gasteiger partial charge is 0.416 e. The number of amides is 2. The molecule has 1 atom stereocenters. The first-order valence-electron chi connectivity index (χ1n) is 12.1. The van der Waals surface area contributed by atoms with Crippen molar-refractivity contribution in [3.8, 4) is 16.9 Å². The number of benzene rings is 3. The minimum absolute atomic E-state index is 0.112. The molecule has 200 valence electrons. The lowest BCUT2D eigenvalue weighted by atomic mass is 9.97. The second-order valence-electron chi connectivity index (χ2n) is 10.2. The summed E-state index contributed by atoms with van der Waals surface area (Å²) in [6.07, 6.45) is -3.68. The number of carbonyl (C=O) groups excluding carboxylic acids is 2. The van der Waals surface area contributed by atoms with Crippen LogP contribution >= 0.6 is 0 Å². The van der Waals surface area contributed by atoms with Crippen molar-refractivity contribution >= 4 is 17.7 Å². The van der Waals surface area contributed by atoms with Gasteiger partial charge in [-0.05, 0) is 98.3 Å². The minimum atomic E-state index is -4.46. The van der Waals surface area contributed by atoms with E-state index in [0.29, 0.717) is 35.4 Å². The summed E-state index contributed by atoms with van der Waals surface area (Å²) in [7, 11) is 1.47. The summed E-state index contributed by atoms with van der Waals surface area (Å²) in [5.41, 5.74) is 2.46. The van der Waals surface area contributed by atoms with Gasteiger partial charge in [0, 0.05) is 17.3 Å². The van der Waals surface area contributed by atoms with Gasteiger partial charge in [-0.1, -0.05) is 18.2 Å². The molecule has 0 fully saturated rings. The Morgan fingerprint density at radius 3 is 2.21 bits per heavy atom. The quantitative estimate of drug-likeness (QED) is 0.392. The topological polar surface area (TPSA) is 76.7 Å². The maximum absolute atomic E-state index is 13.3. The summed E-state index contributed by atoms with van der Waals surface area (Å²) in [6, 6.07) is 14.9. The maximum Gasteiger partial charge on any atom is 0.416 e. The molecule has 2 N–H and O–H groups in total. The van der Waals surface area contributed by atoms with Crippen molar-refractivity contribution in [1.29, 1.82) is 0 Å². The van der Waals surface area contributed by atoms with E-state index in [0.717, 1.165) is 23.3 Å². The lowest BCUT2D eigenvalue weighted by Gasteiger charge is -2.21. The normalized spacial score (nSPS) is 15.0. The van der Waals surface area contributed by atoms with E-state index in [2.05, 4.69) is 10.6 Å². The fourth-order valence-electron chi connectivity index (χ4n) is 4.40. The second kappa shape index (κ2) is 10.4. The lowest BCUT2D eigenvalue weighted by Crippen LogP contribution is -2.39. The summed E-state index contributed by atoms with van der Waals surface area (Å²) in [4.78, 5) is 25.4. The predicted octanol–water partition coefficient (Wildman–Crippen LogP) is 6.63. The third kappa shape index (κ3) is 6.45. The Bertz CT molecular complexity index is 1350. The van der Waals surface area contributed by atoms with E-state index in [1.165, 1.54) is 19.2 Å². The molecule has 1 unspecified atom stereocenters. The zero-order chi connectivity index (χ0) is 27.7. The first kappa shape index (κ1) is 27.0. The van der Waals surface area contributed by atoms with Crippen LogP contribution in [0.25, 0.3) is 11.1 Å². The van der Waals surface area contributed by atoms with Gasteiger partial charge in [-0.15, -0.1) is 0 Å². The molecule has 2 amide bonds. The largest absolute Gasteiger partial charge is 0.497 e. The second-order valence-corrected chi connectivity index (χ2v) is 10.2. The van der Waals surface area contributed by atoms with Gasteiger partial charge in [-0.3, -0.25) is 4.79 Å². The average Bonchev–Trinajstić information content (AvgIpc) is 3.23. The Balaban J connectivity index is 1.51. The SMILES string of the molecule is COc1ccc(C(=O)Nc2ccc3c(c2)CC(NC(=O)OC(C)(C)C)C3)c(-c2ccc(C(F)(F)F)cc2)c1. The van der Waals surface area contributed by atoms with Gasteiger partial charge in [0.2, 0.25) is 0 Å². The number of halogens is 3. The van der Waals surface area contributed by atoms with Crippen LogP contribution in [0.2, 0.25) is 0 Å². The highest BCUT2D eigenvalue weighted by molar-refractivity contribution is 6.09. The van der Waals surface area contributed by atoms with E-state index >= 15 is 0 Å². The van der Waals surface area contributed by atoms with Gasteiger partial charge in [0.15, 0.2) is 0 Å². The molecule has 1 aliphatic rings. The van der Waals surface area contributed by atoms with Crippen molar-refractivity contribution in [1.82, 2.24) is 5.32 Å². The highest BCUT2D eigenvalue weighted by atomic mass is 19.4. The summed E-state index contributed by atoms with van der Waals surface area (Å²) in [5, 5.41) is 5.77. The number of methoxy groups -OCH3 is 1. The standard InChI is InChI=1S/C29H29F3N2O4/c1-28(2,3)38-27(36)34-22-13-18-7-10-21(14-19(18)15-22)33-26(35)24-12-11-23(37-4)16-25(24)17-5-8-20(9-6-17)29(30,31)32/h5-12,14,16,22H,13,15H2,1-4H3,(H,33,35)(H,34,36). The first-order chi connectivity index (χ1) is 17.8. The number of carbonyl (C=O) groups is 2. The van der Waals surface area contributed by atoms with Crippen molar-refractivity contribution in [2.24, 2.45) is 0 Å². The van der Waals surface area contributed by atoms with Crippen LogP contribution in [0.5, 0.6) is 5.75 Å². The Labute approximate surface area is 219 Å². The van der Waals surface area contributed by atoms with Gasteiger partial charge in [-0.25, -0.2) is 4.79 Å². The molecule has 4 rings (SSSR count). The summed E-state index contributed by atoms with van der Waals surface area (Å²) in [5.74, 6) is 0.0569.